The fraction of sp³-hybridized carbons (Fsp3) is 0.545. The van der Waals surface area contributed by atoms with E-state index in [0.29, 0.717) is 6.42 Å². The van der Waals surface area contributed by atoms with E-state index in [9.17, 15) is 9.59 Å². The van der Waals surface area contributed by atoms with Gasteiger partial charge in [-0.05, 0) is 26.3 Å². The quantitative estimate of drug-likeness (QED) is 0.753. The van der Waals surface area contributed by atoms with Gasteiger partial charge in [-0.25, -0.2) is 4.68 Å². The first kappa shape index (κ1) is 11.6. The SMILES string of the molecule is CCC[C@H](C(C)=O)n1nc(C)ccc1=O. The number of hydrogen-bond acceptors (Lipinski definition) is 3. The number of aryl methyl sites for hydroxylation is 1. The van der Waals surface area contributed by atoms with Crippen molar-refractivity contribution in [1.82, 2.24) is 9.78 Å². The fourth-order valence-corrected chi connectivity index (χ4v) is 1.52. The van der Waals surface area contributed by atoms with Crippen molar-refractivity contribution in [3.8, 4) is 0 Å². The van der Waals surface area contributed by atoms with E-state index < -0.39 is 6.04 Å². The largest absolute Gasteiger partial charge is 0.298 e. The molecule has 0 aliphatic carbocycles. The van der Waals surface area contributed by atoms with E-state index in [1.54, 1.807) is 13.0 Å². The third-order valence-corrected chi connectivity index (χ3v) is 2.28. The molecule has 0 unspecified atom stereocenters. The van der Waals surface area contributed by atoms with Gasteiger partial charge in [0.25, 0.3) is 5.56 Å². The Hall–Kier alpha value is -1.45. The normalized spacial score (nSPS) is 12.5. The predicted octanol–water partition coefficient (Wildman–Crippen LogP) is 1.48. The van der Waals surface area contributed by atoms with E-state index in [2.05, 4.69) is 5.10 Å². The number of aromatic nitrogens is 2. The van der Waals surface area contributed by atoms with Crippen LogP contribution in [0.5, 0.6) is 0 Å². The number of Topliss-reactive ketones (excluding diaryl/α,β-unsaturated/α-hetero) is 1. The molecule has 0 aliphatic heterocycles. The van der Waals surface area contributed by atoms with Crippen LogP contribution in [0.1, 0.15) is 38.4 Å². The van der Waals surface area contributed by atoms with Crippen molar-refractivity contribution in [1.29, 1.82) is 0 Å². The summed E-state index contributed by atoms with van der Waals surface area (Å²) in [5.74, 6) is -0.0166. The van der Waals surface area contributed by atoms with Crippen LogP contribution in [0.2, 0.25) is 0 Å². The van der Waals surface area contributed by atoms with Gasteiger partial charge in [-0.15, -0.1) is 0 Å². The molecule has 0 aliphatic rings. The molecule has 0 fully saturated rings. The maximum absolute atomic E-state index is 11.5. The van der Waals surface area contributed by atoms with Crippen LogP contribution in [-0.4, -0.2) is 15.6 Å². The molecule has 0 bridgehead atoms. The topological polar surface area (TPSA) is 52.0 Å². The molecule has 82 valence electrons. The molecule has 0 N–H and O–H groups in total. The Kier molecular flexibility index (Phi) is 3.77. The third kappa shape index (κ3) is 2.75. The van der Waals surface area contributed by atoms with Gasteiger partial charge in [-0.3, -0.25) is 9.59 Å². The molecular formula is C11H16N2O2. The molecule has 1 rings (SSSR count). The summed E-state index contributed by atoms with van der Waals surface area (Å²) in [6, 6.07) is 2.69. The Balaban J connectivity index is 3.15. The van der Waals surface area contributed by atoms with Crippen LogP contribution >= 0.6 is 0 Å². The molecule has 1 atom stereocenters. The van der Waals surface area contributed by atoms with Crippen LogP contribution in [0.4, 0.5) is 0 Å². The first-order chi connectivity index (χ1) is 7.06. The molecule has 0 radical (unpaired) electrons. The first-order valence-electron chi connectivity index (χ1n) is 5.13. The Morgan fingerprint density at radius 2 is 2.20 bits per heavy atom. The lowest BCUT2D eigenvalue weighted by atomic mass is 10.1. The Morgan fingerprint density at radius 1 is 1.53 bits per heavy atom. The van der Waals surface area contributed by atoms with Crippen LogP contribution < -0.4 is 5.56 Å². The van der Waals surface area contributed by atoms with Gasteiger partial charge in [0.05, 0.1) is 5.69 Å². The van der Waals surface area contributed by atoms with Gasteiger partial charge < -0.3 is 0 Å². The van der Waals surface area contributed by atoms with Crippen molar-refractivity contribution in [3.63, 3.8) is 0 Å². The fourth-order valence-electron chi connectivity index (χ4n) is 1.52. The maximum Gasteiger partial charge on any atom is 0.267 e. The lowest BCUT2D eigenvalue weighted by molar-refractivity contribution is -0.120. The molecule has 0 amide bonds. The summed E-state index contributed by atoms with van der Waals surface area (Å²) < 4.78 is 1.29. The van der Waals surface area contributed by atoms with Crippen LogP contribution in [0.3, 0.4) is 0 Å². The van der Waals surface area contributed by atoms with Gasteiger partial charge >= 0.3 is 0 Å². The van der Waals surface area contributed by atoms with E-state index in [4.69, 9.17) is 0 Å². The van der Waals surface area contributed by atoms with Gasteiger partial charge in [-0.1, -0.05) is 13.3 Å². The van der Waals surface area contributed by atoms with Gasteiger partial charge in [0.1, 0.15) is 6.04 Å². The van der Waals surface area contributed by atoms with Crippen molar-refractivity contribution in [2.45, 2.75) is 39.7 Å². The van der Waals surface area contributed by atoms with Crippen LogP contribution in [0.25, 0.3) is 0 Å². The molecule has 1 aromatic rings. The molecular weight excluding hydrogens is 192 g/mol. The smallest absolute Gasteiger partial charge is 0.267 e. The molecule has 4 nitrogen and oxygen atoms in total. The van der Waals surface area contributed by atoms with Gasteiger partial charge in [0, 0.05) is 6.07 Å². The van der Waals surface area contributed by atoms with Crippen molar-refractivity contribution < 1.29 is 4.79 Å². The summed E-state index contributed by atoms with van der Waals surface area (Å²) in [6.45, 7) is 5.28. The minimum atomic E-state index is -0.414. The highest BCUT2D eigenvalue weighted by Gasteiger charge is 2.17. The number of rotatable bonds is 4. The van der Waals surface area contributed by atoms with Gasteiger partial charge in [-0.2, -0.15) is 5.10 Å². The minimum Gasteiger partial charge on any atom is -0.298 e. The van der Waals surface area contributed by atoms with Crippen molar-refractivity contribution in [3.05, 3.63) is 28.2 Å². The van der Waals surface area contributed by atoms with Gasteiger partial charge in [0.15, 0.2) is 5.78 Å². The van der Waals surface area contributed by atoms with Crippen molar-refractivity contribution in [2.24, 2.45) is 0 Å². The number of carbonyl (C=O) groups is 1. The zero-order valence-electron chi connectivity index (χ0n) is 9.36. The third-order valence-electron chi connectivity index (χ3n) is 2.28. The van der Waals surface area contributed by atoms with Gasteiger partial charge in [0.2, 0.25) is 0 Å². The number of hydrogen-bond donors (Lipinski definition) is 0. The minimum absolute atomic E-state index is 0.0166. The van der Waals surface area contributed by atoms with Crippen LogP contribution in [0.15, 0.2) is 16.9 Å². The average Bonchev–Trinajstić information content (AvgIpc) is 2.18. The molecule has 0 spiro atoms. The number of nitrogens with zero attached hydrogens (tertiary/aromatic N) is 2. The second-order valence-corrected chi connectivity index (χ2v) is 3.67. The van der Waals surface area contributed by atoms with Crippen molar-refractivity contribution >= 4 is 5.78 Å². The monoisotopic (exact) mass is 208 g/mol. The molecule has 4 heteroatoms. The number of carbonyl (C=O) groups excluding carboxylic acids is 1. The number of ketones is 1. The van der Waals surface area contributed by atoms with Crippen molar-refractivity contribution in [2.75, 3.05) is 0 Å². The highest BCUT2D eigenvalue weighted by atomic mass is 16.1. The zero-order chi connectivity index (χ0) is 11.4. The molecule has 0 saturated heterocycles. The molecule has 1 aromatic heterocycles. The Labute approximate surface area is 88.9 Å². The summed E-state index contributed by atoms with van der Waals surface area (Å²) in [7, 11) is 0. The lowest BCUT2D eigenvalue weighted by Crippen LogP contribution is -2.30. The van der Waals surface area contributed by atoms with E-state index in [-0.39, 0.29) is 11.3 Å². The van der Waals surface area contributed by atoms with E-state index in [1.807, 2.05) is 6.92 Å². The summed E-state index contributed by atoms with van der Waals surface area (Å²) in [4.78, 5) is 22.9. The maximum atomic E-state index is 11.5. The molecule has 15 heavy (non-hydrogen) atoms. The van der Waals surface area contributed by atoms with E-state index in [0.717, 1.165) is 12.1 Å². The highest BCUT2D eigenvalue weighted by Crippen LogP contribution is 2.11. The molecule has 0 saturated carbocycles. The second kappa shape index (κ2) is 4.87. The molecule has 0 aromatic carbocycles. The standard InChI is InChI=1S/C11H16N2O2/c1-4-5-10(9(3)14)13-11(15)7-6-8(2)12-13/h6-7,10H,4-5H2,1-3H3/t10-/m1/s1. The van der Waals surface area contributed by atoms with Crippen LogP contribution in [-0.2, 0) is 4.79 Å². The van der Waals surface area contributed by atoms with E-state index >= 15 is 0 Å². The highest BCUT2D eigenvalue weighted by molar-refractivity contribution is 5.79. The summed E-state index contributed by atoms with van der Waals surface area (Å²) in [6.07, 6.45) is 1.51. The molecule has 1 heterocycles. The summed E-state index contributed by atoms with van der Waals surface area (Å²) in [5.41, 5.74) is 0.534. The predicted molar refractivity (Wildman–Crippen MR) is 57.9 cm³/mol. The first-order valence-corrected chi connectivity index (χ1v) is 5.13. The average molecular weight is 208 g/mol. The Morgan fingerprint density at radius 3 is 2.73 bits per heavy atom. The van der Waals surface area contributed by atoms with Crippen LogP contribution in [0, 0.1) is 6.92 Å². The summed E-state index contributed by atoms with van der Waals surface area (Å²) in [5, 5.41) is 4.10. The van der Waals surface area contributed by atoms with E-state index in [1.165, 1.54) is 17.7 Å². The zero-order valence-corrected chi connectivity index (χ0v) is 9.36. The Bertz CT molecular complexity index is 409. The lowest BCUT2D eigenvalue weighted by Gasteiger charge is -2.14. The second-order valence-electron chi connectivity index (χ2n) is 3.67. The summed E-state index contributed by atoms with van der Waals surface area (Å²) >= 11 is 0.